The van der Waals surface area contributed by atoms with Gasteiger partial charge in [0.25, 0.3) is 0 Å². The standard InChI is InChI=1S/C15H22N2O4/c1-19-9-10-21-13-5-7-17(8-6-13)12-3-4-14(16-18)15(11-12)20-2/h3-4,11,13H,5-10H2,1-2H3. The summed E-state index contributed by atoms with van der Waals surface area (Å²) < 4.78 is 15.9. The Kier molecular flexibility index (Phi) is 5.95. The molecule has 116 valence electrons. The zero-order valence-corrected chi connectivity index (χ0v) is 12.6. The molecule has 1 aromatic carbocycles. The summed E-state index contributed by atoms with van der Waals surface area (Å²) in [6, 6.07) is 5.47. The number of nitroso groups, excluding NO2 is 1. The van der Waals surface area contributed by atoms with Crippen LogP contribution in [0.5, 0.6) is 5.75 Å². The van der Waals surface area contributed by atoms with E-state index in [1.54, 1.807) is 20.3 Å². The van der Waals surface area contributed by atoms with Crippen LogP contribution in [-0.2, 0) is 9.47 Å². The minimum absolute atomic E-state index is 0.300. The Balaban J connectivity index is 1.91. The number of benzene rings is 1. The normalized spacial score (nSPS) is 16.0. The minimum atomic E-state index is 0.300. The Morgan fingerprint density at radius 1 is 1.24 bits per heavy atom. The summed E-state index contributed by atoms with van der Waals surface area (Å²) >= 11 is 0. The van der Waals surface area contributed by atoms with Crippen molar-refractivity contribution in [1.29, 1.82) is 0 Å². The van der Waals surface area contributed by atoms with E-state index < -0.39 is 0 Å². The minimum Gasteiger partial charge on any atom is -0.494 e. The lowest BCUT2D eigenvalue weighted by Crippen LogP contribution is -2.37. The van der Waals surface area contributed by atoms with Crippen molar-refractivity contribution in [2.24, 2.45) is 5.18 Å². The maximum atomic E-state index is 10.7. The van der Waals surface area contributed by atoms with E-state index in [0.717, 1.165) is 31.6 Å². The van der Waals surface area contributed by atoms with Crippen LogP contribution in [0.25, 0.3) is 0 Å². The summed E-state index contributed by atoms with van der Waals surface area (Å²) in [7, 11) is 3.22. The number of piperidine rings is 1. The van der Waals surface area contributed by atoms with Gasteiger partial charge in [-0.25, -0.2) is 0 Å². The summed E-state index contributed by atoms with van der Waals surface area (Å²) in [5, 5.41) is 2.96. The first-order chi connectivity index (χ1) is 10.3. The van der Waals surface area contributed by atoms with Gasteiger partial charge in [-0.2, -0.15) is 0 Å². The van der Waals surface area contributed by atoms with Gasteiger partial charge in [-0.15, -0.1) is 4.91 Å². The van der Waals surface area contributed by atoms with Gasteiger partial charge in [0.2, 0.25) is 0 Å². The number of ether oxygens (including phenoxy) is 3. The number of hydrogen-bond acceptors (Lipinski definition) is 6. The Morgan fingerprint density at radius 3 is 2.62 bits per heavy atom. The third-order valence-corrected chi connectivity index (χ3v) is 3.71. The molecule has 1 aliphatic rings. The van der Waals surface area contributed by atoms with Gasteiger partial charge in [-0.05, 0) is 30.2 Å². The molecule has 0 saturated carbocycles. The average Bonchev–Trinajstić information content (AvgIpc) is 2.55. The SMILES string of the molecule is COCCOC1CCN(c2ccc(N=O)c(OC)c2)CC1. The molecule has 1 heterocycles. The average molecular weight is 294 g/mol. The zero-order chi connectivity index (χ0) is 15.1. The van der Waals surface area contributed by atoms with Gasteiger partial charge < -0.3 is 19.1 Å². The van der Waals surface area contributed by atoms with E-state index in [-0.39, 0.29) is 0 Å². The van der Waals surface area contributed by atoms with Crippen LogP contribution in [0.3, 0.4) is 0 Å². The molecule has 1 fully saturated rings. The van der Waals surface area contributed by atoms with Crippen LogP contribution in [-0.4, -0.2) is 46.6 Å². The quantitative estimate of drug-likeness (QED) is 0.571. The van der Waals surface area contributed by atoms with Gasteiger partial charge in [0.1, 0.15) is 11.4 Å². The second-order valence-corrected chi connectivity index (χ2v) is 5.00. The molecule has 0 atom stereocenters. The van der Waals surface area contributed by atoms with Crippen molar-refractivity contribution in [3.05, 3.63) is 23.1 Å². The molecule has 0 spiro atoms. The highest BCUT2D eigenvalue weighted by Gasteiger charge is 2.20. The molecule has 1 aliphatic heterocycles. The monoisotopic (exact) mass is 294 g/mol. The maximum absolute atomic E-state index is 10.7. The van der Waals surface area contributed by atoms with Gasteiger partial charge in [-0.3, -0.25) is 0 Å². The van der Waals surface area contributed by atoms with Crippen molar-refractivity contribution in [2.75, 3.05) is 45.4 Å². The number of hydrogen-bond donors (Lipinski definition) is 0. The van der Waals surface area contributed by atoms with Gasteiger partial charge in [0.05, 0.1) is 26.4 Å². The first kappa shape index (κ1) is 15.7. The van der Waals surface area contributed by atoms with Crippen LogP contribution in [0.4, 0.5) is 11.4 Å². The fourth-order valence-electron chi connectivity index (χ4n) is 2.52. The highest BCUT2D eigenvalue weighted by atomic mass is 16.5. The molecular weight excluding hydrogens is 272 g/mol. The predicted octanol–water partition coefficient (Wildman–Crippen LogP) is 2.72. The van der Waals surface area contributed by atoms with Gasteiger partial charge in [0.15, 0.2) is 0 Å². The third-order valence-electron chi connectivity index (χ3n) is 3.71. The Labute approximate surface area is 125 Å². The molecule has 0 amide bonds. The lowest BCUT2D eigenvalue weighted by atomic mass is 10.1. The second kappa shape index (κ2) is 7.95. The van der Waals surface area contributed by atoms with Crippen LogP contribution in [0.15, 0.2) is 23.4 Å². The Morgan fingerprint density at radius 2 is 2.00 bits per heavy atom. The van der Waals surface area contributed by atoms with Crippen molar-refractivity contribution in [1.82, 2.24) is 0 Å². The van der Waals surface area contributed by atoms with Gasteiger partial charge in [-0.1, -0.05) is 0 Å². The van der Waals surface area contributed by atoms with Crippen LogP contribution in [0.2, 0.25) is 0 Å². The van der Waals surface area contributed by atoms with E-state index in [9.17, 15) is 4.91 Å². The van der Waals surface area contributed by atoms with E-state index in [1.807, 2.05) is 12.1 Å². The number of anilines is 1. The predicted molar refractivity (Wildman–Crippen MR) is 81.5 cm³/mol. The Hall–Kier alpha value is -1.66. The molecular formula is C15H22N2O4. The fourth-order valence-corrected chi connectivity index (χ4v) is 2.52. The molecule has 0 aliphatic carbocycles. The first-order valence-corrected chi connectivity index (χ1v) is 7.15. The summed E-state index contributed by atoms with van der Waals surface area (Å²) in [6.45, 7) is 3.13. The molecule has 0 aromatic heterocycles. The van der Waals surface area contributed by atoms with E-state index in [0.29, 0.717) is 30.8 Å². The largest absolute Gasteiger partial charge is 0.494 e. The lowest BCUT2D eigenvalue weighted by molar-refractivity contribution is 0.00610. The van der Waals surface area contributed by atoms with Gasteiger partial charge in [0, 0.05) is 32.0 Å². The molecule has 0 unspecified atom stereocenters. The van der Waals surface area contributed by atoms with E-state index in [4.69, 9.17) is 14.2 Å². The second-order valence-electron chi connectivity index (χ2n) is 5.00. The molecule has 6 nitrogen and oxygen atoms in total. The highest BCUT2D eigenvalue weighted by molar-refractivity contribution is 5.62. The first-order valence-electron chi connectivity index (χ1n) is 7.15. The molecule has 6 heteroatoms. The number of methoxy groups -OCH3 is 2. The van der Waals surface area contributed by atoms with E-state index >= 15 is 0 Å². The lowest BCUT2D eigenvalue weighted by Gasteiger charge is -2.33. The third kappa shape index (κ3) is 4.15. The molecule has 0 radical (unpaired) electrons. The molecule has 1 aromatic rings. The van der Waals surface area contributed by atoms with Crippen molar-refractivity contribution in [3.63, 3.8) is 0 Å². The molecule has 21 heavy (non-hydrogen) atoms. The highest BCUT2D eigenvalue weighted by Crippen LogP contribution is 2.32. The van der Waals surface area contributed by atoms with E-state index in [2.05, 4.69) is 10.1 Å². The van der Waals surface area contributed by atoms with E-state index in [1.165, 1.54) is 0 Å². The van der Waals surface area contributed by atoms with Crippen molar-refractivity contribution in [2.45, 2.75) is 18.9 Å². The smallest absolute Gasteiger partial charge is 0.150 e. The van der Waals surface area contributed by atoms with Crippen molar-refractivity contribution < 1.29 is 14.2 Å². The summed E-state index contributed by atoms with van der Waals surface area (Å²) in [5.74, 6) is 0.515. The number of rotatable bonds is 7. The summed E-state index contributed by atoms with van der Waals surface area (Å²) in [6.07, 6.45) is 2.27. The van der Waals surface area contributed by atoms with Crippen molar-refractivity contribution >= 4 is 11.4 Å². The molecule has 0 N–H and O–H groups in total. The summed E-state index contributed by atoms with van der Waals surface area (Å²) in [4.78, 5) is 12.9. The molecule has 1 saturated heterocycles. The van der Waals surface area contributed by atoms with Crippen LogP contribution in [0, 0.1) is 4.91 Å². The summed E-state index contributed by atoms with van der Waals surface area (Å²) in [5.41, 5.74) is 1.38. The maximum Gasteiger partial charge on any atom is 0.150 e. The molecule has 0 bridgehead atoms. The van der Waals surface area contributed by atoms with Crippen LogP contribution >= 0.6 is 0 Å². The van der Waals surface area contributed by atoms with Crippen molar-refractivity contribution in [3.8, 4) is 5.75 Å². The van der Waals surface area contributed by atoms with Gasteiger partial charge >= 0.3 is 0 Å². The molecule has 2 rings (SSSR count). The zero-order valence-electron chi connectivity index (χ0n) is 12.6. The van der Waals surface area contributed by atoms with Crippen LogP contribution < -0.4 is 9.64 Å². The number of nitrogens with zero attached hydrogens (tertiary/aromatic N) is 2. The Bertz CT molecular complexity index is 459. The van der Waals surface area contributed by atoms with Crippen LogP contribution in [0.1, 0.15) is 12.8 Å². The fraction of sp³-hybridized carbons (Fsp3) is 0.600. The topological polar surface area (TPSA) is 60.4 Å².